The highest BCUT2D eigenvalue weighted by Crippen LogP contribution is 2.30. The molecule has 19 heavy (non-hydrogen) atoms. The van der Waals surface area contributed by atoms with E-state index in [0.717, 1.165) is 30.9 Å². The van der Waals surface area contributed by atoms with Crippen LogP contribution in [0.15, 0.2) is 24.3 Å². The standard InChI is InChI=1S/C14H20N2O3/c1-10(17)14(18)15-11-7-8-16(9-11)12-5-3-4-6-13(12)19-2/h3-6,10-11,17H,7-9H2,1-2H3,(H,15,18). The van der Waals surface area contributed by atoms with Gasteiger partial charge in [0.15, 0.2) is 0 Å². The number of anilines is 1. The first-order valence-corrected chi connectivity index (χ1v) is 6.48. The second-order valence-electron chi connectivity index (χ2n) is 4.79. The molecule has 5 heteroatoms. The number of amides is 1. The van der Waals surface area contributed by atoms with Crippen LogP contribution in [0.5, 0.6) is 5.75 Å². The maximum absolute atomic E-state index is 11.5. The molecule has 1 saturated heterocycles. The number of carbonyl (C=O) groups is 1. The fourth-order valence-corrected chi connectivity index (χ4v) is 2.31. The Bertz CT molecular complexity index is 448. The van der Waals surface area contributed by atoms with Gasteiger partial charge in [0.2, 0.25) is 5.91 Å². The molecule has 2 N–H and O–H groups in total. The highest BCUT2D eigenvalue weighted by molar-refractivity contribution is 5.80. The minimum absolute atomic E-state index is 0.0759. The molecule has 1 amide bonds. The summed E-state index contributed by atoms with van der Waals surface area (Å²) in [7, 11) is 1.65. The van der Waals surface area contributed by atoms with Crippen molar-refractivity contribution < 1.29 is 14.6 Å². The third kappa shape index (κ3) is 3.17. The predicted octanol–water partition coefficient (Wildman–Crippen LogP) is 0.771. The van der Waals surface area contributed by atoms with Gasteiger partial charge < -0.3 is 20.1 Å². The third-order valence-corrected chi connectivity index (χ3v) is 3.34. The van der Waals surface area contributed by atoms with Gasteiger partial charge in [-0.25, -0.2) is 0 Å². The number of nitrogens with one attached hydrogen (secondary N) is 1. The molecule has 0 saturated carbocycles. The minimum Gasteiger partial charge on any atom is -0.495 e. The Morgan fingerprint density at radius 1 is 1.53 bits per heavy atom. The molecule has 1 aliphatic heterocycles. The third-order valence-electron chi connectivity index (χ3n) is 3.34. The molecule has 5 nitrogen and oxygen atoms in total. The minimum atomic E-state index is -0.958. The van der Waals surface area contributed by atoms with Gasteiger partial charge in [0, 0.05) is 19.1 Å². The number of para-hydroxylation sites is 2. The van der Waals surface area contributed by atoms with Crippen LogP contribution in [0.4, 0.5) is 5.69 Å². The average molecular weight is 264 g/mol. The van der Waals surface area contributed by atoms with Gasteiger partial charge in [-0.05, 0) is 25.5 Å². The van der Waals surface area contributed by atoms with E-state index in [-0.39, 0.29) is 11.9 Å². The molecule has 104 valence electrons. The van der Waals surface area contributed by atoms with Gasteiger partial charge in [-0.2, -0.15) is 0 Å². The molecule has 1 heterocycles. The van der Waals surface area contributed by atoms with Gasteiger partial charge in [0.25, 0.3) is 0 Å². The molecule has 2 unspecified atom stereocenters. The van der Waals surface area contributed by atoms with Crippen LogP contribution in [0.3, 0.4) is 0 Å². The number of rotatable bonds is 4. The Balaban J connectivity index is 2.00. The lowest BCUT2D eigenvalue weighted by molar-refractivity contribution is -0.129. The fourth-order valence-electron chi connectivity index (χ4n) is 2.31. The van der Waals surface area contributed by atoms with E-state index in [2.05, 4.69) is 10.2 Å². The number of hydrogen-bond acceptors (Lipinski definition) is 4. The molecule has 1 aromatic rings. The summed E-state index contributed by atoms with van der Waals surface area (Å²) >= 11 is 0. The van der Waals surface area contributed by atoms with Crippen molar-refractivity contribution >= 4 is 11.6 Å². The van der Waals surface area contributed by atoms with E-state index in [1.165, 1.54) is 6.92 Å². The number of ether oxygens (including phenoxy) is 1. The van der Waals surface area contributed by atoms with E-state index in [4.69, 9.17) is 4.74 Å². The van der Waals surface area contributed by atoms with Crippen molar-refractivity contribution in [3.8, 4) is 5.75 Å². The maximum Gasteiger partial charge on any atom is 0.248 e. The molecule has 1 aliphatic rings. The van der Waals surface area contributed by atoms with Crippen LogP contribution >= 0.6 is 0 Å². The molecular weight excluding hydrogens is 244 g/mol. The van der Waals surface area contributed by atoms with E-state index in [1.54, 1.807) is 7.11 Å². The van der Waals surface area contributed by atoms with Crippen LogP contribution in [0.2, 0.25) is 0 Å². The van der Waals surface area contributed by atoms with Crippen molar-refractivity contribution in [2.75, 3.05) is 25.1 Å². The maximum atomic E-state index is 11.5. The quantitative estimate of drug-likeness (QED) is 0.843. The molecule has 0 aromatic heterocycles. The Hall–Kier alpha value is -1.75. The first-order chi connectivity index (χ1) is 9.11. The molecule has 1 aromatic carbocycles. The van der Waals surface area contributed by atoms with E-state index in [9.17, 15) is 9.90 Å². The number of methoxy groups -OCH3 is 1. The summed E-state index contributed by atoms with van der Waals surface area (Å²) in [6, 6.07) is 7.92. The summed E-state index contributed by atoms with van der Waals surface area (Å²) < 4.78 is 5.34. The number of nitrogens with zero attached hydrogens (tertiary/aromatic N) is 1. The van der Waals surface area contributed by atoms with Gasteiger partial charge in [-0.3, -0.25) is 4.79 Å². The molecule has 0 radical (unpaired) electrons. The molecule has 0 aliphatic carbocycles. The normalized spacial score (nSPS) is 20.2. The zero-order valence-electron chi connectivity index (χ0n) is 11.3. The van der Waals surface area contributed by atoms with Gasteiger partial charge >= 0.3 is 0 Å². The SMILES string of the molecule is COc1ccccc1N1CCC(NC(=O)C(C)O)C1. The monoisotopic (exact) mass is 264 g/mol. The smallest absolute Gasteiger partial charge is 0.248 e. The van der Waals surface area contributed by atoms with Crippen molar-refractivity contribution in [3.63, 3.8) is 0 Å². The van der Waals surface area contributed by atoms with E-state index in [0.29, 0.717) is 0 Å². The highest BCUT2D eigenvalue weighted by Gasteiger charge is 2.26. The number of benzene rings is 1. The van der Waals surface area contributed by atoms with Crippen LogP contribution in [0.25, 0.3) is 0 Å². The number of carbonyl (C=O) groups excluding carboxylic acids is 1. The van der Waals surface area contributed by atoms with Gasteiger partial charge in [-0.15, -0.1) is 0 Å². The van der Waals surface area contributed by atoms with Crippen molar-refractivity contribution in [2.24, 2.45) is 0 Å². The average Bonchev–Trinajstić information content (AvgIpc) is 2.86. The summed E-state index contributed by atoms with van der Waals surface area (Å²) in [6.07, 6.45) is -0.0865. The van der Waals surface area contributed by atoms with Gasteiger partial charge in [-0.1, -0.05) is 12.1 Å². The van der Waals surface area contributed by atoms with Crippen molar-refractivity contribution in [3.05, 3.63) is 24.3 Å². The van der Waals surface area contributed by atoms with Crippen LogP contribution in [-0.2, 0) is 4.79 Å². The second-order valence-corrected chi connectivity index (χ2v) is 4.79. The summed E-state index contributed by atoms with van der Waals surface area (Å²) in [6.45, 7) is 3.08. The second kappa shape index (κ2) is 5.93. The lowest BCUT2D eigenvalue weighted by Gasteiger charge is -2.21. The topological polar surface area (TPSA) is 61.8 Å². The summed E-state index contributed by atoms with van der Waals surface area (Å²) in [5, 5.41) is 12.0. The number of hydrogen-bond donors (Lipinski definition) is 2. The zero-order valence-corrected chi connectivity index (χ0v) is 11.3. The summed E-state index contributed by atoms with van der Waals surface area (Å²) in [4.78, 5) is 13.6. The van der Waals surface area contributed by atoms with Crippen LogP contribution in [-0.4, -0.2) is 43.4 Å². The Kier molecular flexibility index (Phi) is 4.27. The predicted molar refractivity (Wildman–Crippen MR) is 73.4 cm³/mol. The molecule has 0 spiro atoms. The van der Waals surface area contributed by atoms with Crippen LogP contribution < -0.4 is 15.0 Å². The van der Waals surface area contributed by atoms with E-state index >= 15 is 0 Å². The first kappa shape index (κ1) is 13.7. The molecule has 2 rings (SSSR count). The summed E-state index contributed by atoms with van der Waals surface area (Å²) in [5.41, 5.74) is 1.04. The summed E-state index contributed by atoms with van der Waals surface area (Å²) in [5.74, 6) is 0.525. The molecule has 2 atom stereocenters. The van der Waals surface area contributed by atoms with Crippen LogP contribution in [0, 0.1) is 0 Å². The van der Waals surface area contributed by atoms with Crippen molar-refractivity contribution in [1.29, 1.82) is 0 Å². The lowest BCUT2D eigenvalue weighted by atomic mass is 10.2. The van der Waals surface area contributed by atoms with Crippen molar-refractivity contribution in [1.82, 2.24) is 5.32 Å². The van der Waals surface area contributed by atoms with Crippen molar-refractivity contribution in [2.45, 2.75) is 25.5 Å². The fraction of sp³-hybridized carbons (Fsp3) is 0.500. The molecule has 1 fully saturated rings. The molecule has 0 bridgehead atoms. The van der Waals surface area contributed by atoms with Gasteiger partial charge in [0.05, 0.1) is 12.8 Å². The van der Waals surface area contributed by atoms with E-state index < -0.39 is 6.10 Å². The Morgan fingerprint density at radius 3 is 2.95 bits per heavy atom. The Morgan fingerprint density at radius 2 is 2.26 bits per heavy atom. The molecular formula is C14H20N2O3. The van der Waals surface area contributed by atoms with E-state index in [1.807, 2.05) is 24.3 Å². The highest BCUT2D eigenvalue weighted by atomic mass is 16.5. The largest absolute Gasteiger partial charge is 0.495 e. The zero-order chi connectivity index (χ0) is 13.8. The number of aliphatic hydroxyl groups is 1. The lowest BCUT2D eigenvalue weighted by Crippen LogP contribution is -2.41. The van der Waals surface area contributed by atoms with Crippen LogP contribution in [0.1, 0.15) is 13.3 Å². The Labute approximate surface area is 113 Å². The van der Waals surface area contributed by atoms with Gasteiger partial charge in [0.1, 0.15) is 11.9 Å². The number of aliphatic hydroxyl groups excluding tert-OH is 1. The first-order valence-electron chi connectivity index (χ1n) is 6.48.